The Balaban J connectivity index is 2.39. The van der Waals surface area contributed by atoms with Crippen molar-refractivity contribution in [3.8, 4) is 0 Å². The van der Waals surface area contributed by atoms with E-state index in [1.165, 1.54) is 5.56 Å². The first kappa shape index (κ1) is 12.6. The van der Waals surface area contributed by atoms with Crippen LogP contribution in [0, 0.1) is 0 Å². The maximum atomic E-state index is 4.52. The van der Waals surface area contributed by atoms with Crippen molar-refractivity contribution in [3.05, 3.63) is 48.4 Å². The van der Waals surface area contributed by atoms with Crippen LogP contribution in [0.2, 0.25) is 0 Å². The summed E-state index contributed by atoms with van der Waals surface area (Å²) in [4.78, 5) is 10.8. The molecule has 3 nitrogen and oxygen atoms in total. The van der Waals surface area contributed by atoms with Crippen molar-refractivity contribution in [2.24, 2.45) is 0 Å². The summed E-state index contributed by atoms with van der Waals surface area (Å²) >= 11 is 0. The zero-order valence-electron chi connectivity index (χ0n) is 11.2. The van der Waals surface area contributed by atoms with Crippen LogP contribution in [0.25, 0.3) is 0 Å². The summed E-state index contributed by atoms with van der Waals surface area (Å²) in [6, 6.07) is 8.14. The molecular weight excluding hydrogens is 222 g/mol. The average Bonchev–Trinajstić information content (AvgIpc) is 2.46. The van der Waals surface area contributed by atoms with Crippen LogP contribution in [0.5, 0.6) is 0 Å². The highest BCUT2D eigenvalue weighted by molar-refractivity contribution is 5.61. The lowest BCUT2D eigenvalue weighted by Gasteiger charge is -2.23. The molecule has 0 saturated carbocycles. The second-order valence-electron chi connectivity index (χ2n) is 4.50. The lowest BCUT2D eigenvalue weighted by molar-refractivity contribution is 0.728. The largest absolute Gasteiger partial charge is 0.328 e. The van der Waals surface area contributed by atoms with E-state index in [0.717, 1.165) is 17.9 Å². The number of pyridine rings is 2. The van der Waals surface area contributed by atoms with Crippen molar-refractivity contribution in [2.45, 2.75) is 26.2 Å². The van der Waals surface area contributed by atoms with Gasteiger partial charge in [-0.2, -0.15) is 0 Å². The van der Waals surface area contributed by atoms with Gasteiger partial charge in [0.15, 0.2) is 0 Å². The van der Waals surface area contributed by atoms with Gasteiger partial charge in [-0.3, -0.25) is 4.98 Å². The monoisotopic (exact) mass is 241 g/mol. The Morgan fingerprint density at radius 1 is 1.22 bits per heavy atom. The van der Waals surface area contributed by atoms with Gasteiger partial charge in [-0.25, -0.2) is 4.98 Å². The third-order valence-corrected chi connectivity index (χ3v) is 3.31. The van der Waals surface area contributed by atoms with Crippen LogP contribution >= 0.6 is 0 Å². The van der Waals surface area contributed by atoms with E-state index in [2.05, 4.69) is 34.8 Å². The van der Waals surface area contributed by atoms with Crippen LogP contribution < -0.4 is 4.90 Å². The molecule has 2 aromatic rings. The zero-order valence-corrected chi connectivity index (χ0v) is 11.2. The van der Waals surface area contributed by atoms with Gasteiger partial charge < -0.3 is 4.90 Å². The van der Waals surface area contributed by atoms with Crippen LogP contribution in [0.3, 0.4) is 0 Å². The van der Waals surface area contributed by atoms with E-state index in [1.807, 2.05) is 37.6 Å². The van der Waals surface area contributed by atoms with Crippen molar-refractivity contribution in [1.29, 1.82) is 0 Å². The standard InChI is InChI=1S/C15H19N3/c1-4-12(2)14-8-6-10-17-15(14)18(3)13-7-5-9-16-11-13/h5-12H,4H2,1-3H3. The van der Waals surface area contributed by atoms with Crippen molar-refractivity contribution >= 4 is 11.5 Å². The first-order chi connectivity index (χ1) is 8.74. The molecule has 1 atom stereocenters. The van der Waals surface area contributed by atoms with Crippen LogP contribution in [0.1, 0.15) is 31.7 Å². The minimum absolute atomic E-state index is 0.507. The van der Waals surface area contributed by atoms with E-state index in [0.29, 0.717) is 5.92 Å². The van der Waals surface area contributed by atoms with Gasteiger partial charge in [-0.05, 0) is 36.1 Å². The van der Waals surface area contributed by atoms with E-state index < -0.39 is 0 Å². The SMILES string of the molecule is CCC(C)c1cccnc1N(C)c1cccnc1. The molecule has 0 aromatic carbocycles. The van der Waals surface area contributed by atoms with Crippen molar-refractivity contribution < 1.29 is 0 Å². The molecule has 0 bridgehead atoms. The lowest BCUT2D eigenvalue weighted by atomic mass is 9.99. The minimum Gasteiger partial charge on any atom is -0.328 e. The minimum atomic E-state index is 0.507. The van der Waals surface area contributed by atoms with Gasteiger partial charge in [0.05, 0.1) is 11.9 Å². The number of hydrogen-bond donors (Lipinski definition) is 0. The van der Waals surface area contributed by atoms with Gasteiger partial charge in [0, 0.05) is 19.4 Å². The molecule has 2 heterocycles. The molecule has 18 heavy (non-hydrogen) atoms. The van der Waals surface area contributed by atoms with Crippen LogP contribution in [-0.2, 0) is 0 Å². The van der Waals surface area contributed by atoms with E-state index in [9.17, 15) is 0 Å². The molecule has 0 spiro atoms. The van der Waals surface area contributed by atoms with Crippen molar-refractivity contribution in [1.82, 2.24) is 9.97 Å². The summed E-state index contributed by atoms with van der Waals surface area (Å²) in [6.07, 6.45) is 6.59. The highest BCUT2D eigenvalue weighted by atomic mass is 15.2. The van der Waals surface area contributed by atoms with Crippen molar-refractivity contribution in [3.63, 3.8) is 0 Å². The second kappa shape index (κ2) is 5.63. The summed E-state index contributed by atoms with van der Waals surface area (Å²) < 4.78 is 0. The lowest BCUT2D eigenvalue weighted by Crippen LogP contribution is -2.14. The van der Waals surface area contributed by atoms with Crippen LogP contribution in [-0.4, -0.2) is 17.0 Å². The fraction of sp³-hybridized carbons (Fsp3) is 0.333. The molecular formula is C15H19N3. The molecule has 0 aliphatic rings. The second-order valence-corrected chi connectivity index (χ2v) is 4.50. The molecule has 94 valence electrons. The van der Waals surface area contributed by atoms with E-state index in [-0.39, 0.29) is 0 Å². The Hall–Kier alpha value is -1.90. The summed E-state index contributed by atoms with van der Waals surface area (Å²) in [7, 11) is 2.03. The topological polar surface area (TPSA) is 29.0 Å². The van der Waals surface area contributed by atoms with Crippen LogP contribution in [0.4, 0.5) is 11.5 Å². The van der Waals surface area contributed by atoms with Crippen LogP contribution in [0.15, 0.2) is 42.9 Å². The smallest absolute Gasteiger partial charge is 0.136 e. The van der Waals surface area contributed by atoms with Gasteiger partial charge in [0.1, 0.15) is 5.82 Å². The fourth-order valence-electron chi connectivity index (χ4n) is 1.97. The van der Waals surface area contributed by atoms with E-state index in [1.54, 1.807) is 6.20 Å². The molecule has 0 fully saturated rings. The molecule has 0 saturated heterocycles. The molecule has 3 heteroatoms. The quantitative estimate of drug-likeness (QED) is 0.816. The van der Waals surface area contributed by atoms with E-state index >= 15 is 0 Å². The average molecular weight is 241 g/mol. The Labute approximate surface area is 109 Å². The van der Waals surface area contributed by atoms with Gasteiger partial charge in [-0.15, -0.1) is 0 Å². The molecule has 2 rings (SSSR count). The maximum absolute atomic E-state index is 4.52. The molecule has 0 N–H and O–H groups in total. The third-order valence-electron chi connectivity index (χ3n) is 3.31. The summed E-state index contributed by atoms with van der Waals surface area (Å²) in [5, 5.41) is 0. The first-order valence-corrected chi connectivity index (χ1v) is 6.32. The number of aromatic nitrogens is 2. The molecule has 0 amide bonds. The summed E-state index contributed by atoms with van der Waals surface area (Å²) in [5.41, 5.74) is 2.34. The number of hydrogen-bond acceptors (Lipinski definition) is 3. The third kappa shape index (κ3) is 2.50. The molecule has 2 aromatic heterocycles. The summed E-state index contributed by atoms with van der Waals surface area (Å²) in [6.45, 7) is 4.43. The highest BCUT2D eigenvalue weighted by Gasteiger charge is 2.14. The first-order valence-electron chi connectivity index (χ1n) is 6.32. The van der Waals surface area contributed by atoms with E-state index in [4.69, 9.17) is 0 Å². The molecule has 0 aliphatic heterocycles. The number of nitrogens with zero attached hydrogens (tertiary/aromatic N) is 3. The fourth-order valence-corrected chi connectivity index (χ4v) is 1.97. The number of anilines is 2. The van der Waals surface area contributed by atoms with Gasteiger partial charge >= 0.3 is 0 Å². The van der Waals surface area contributed by atoms with Crippen molar-refractivity contribution in [2.75, 3.05) is 11.9 Å². The normalized spacial score (nSPS) is 12.2. The van der Waals surface area contributed by atoms with Gasteiger partial charge in [0.2, 0.25) is 0 Å². The molecule has 1 unspecified atom stereocenters. The Morgan fingerprint density at radius 3 is 2.67 bits per heavy atom. The zero-order chi connectivity index (χ0) is 13.0. The van der Waals surface area contributed by atoms with Gasteiger partial charge in [0.25, 0.3) is 0 Å². The Kier molecular flexibility index (Phi) is 3.92. The Bertz CT molecular complexity index is 496. The molecule has 0 radical (unpaired) electrons. The highest BCUT2D eigenvalue weighted by Crippen LogP contribution is 2.30. The summed E-state index contributed by atoms with van der Waals surface area (Å²) in [5.74, 6) is 1.52. The Morgan fingerprint density at radius 2 is 2.00 bits per heavy atom. The maximum Gasteiger partial charge on any atom is 0.136 e. The number of rotatable bonds is 4. The molecule has 0 aliphatic carbocycles. The predicted octanol–water partition coefficient (Wildman–Crippen LogP) is 3.76. The van der Waals surface area contributed by atoms with Gasteiger partial charge in [-0.1, -0.05) is 19.9 Å². The predicted molar refractivity (Wildman–Crippen MR) is 75.2 cm³/mol.